The number of nitrogen functional groups attached to an aromatic ring is 1. The van der Waals surface area contributed by atoms with Crippen molar-refractivity contribution in [2.45, 2.75) is 71.7 Å². The van der Waals surface area contributed by atoms with Gasteiger partial charge in [-0.15, -0.1) is 0 Å². The van der Waals surface area contributed by atoms with E-state index in [-0.39, 0.29) is 25.1 Å². The van der Waals surface area contributed by atoms with Gasteiger partial charge in [0.05, 0.1) is 6.10 Å². The van der Waals surface area contributed by atoms with Crippen LogP contribution < -0.4 is 11.1 Å². The highest BCUT2D eigenvalue weighted by molar-refractivity contribution is 6.00. The minimum absolute atomic E-state index is 0.119. The predicted octanol–water partition coefficient (Wildman–Crippen LogP) is 2.01. The van der Waals surface area contributed by atoms with Gasteiger partial charge in [0, 0.05) is 30.8 Å². The Kier molecular flexibility index (Phi) is 10.4. The number of hydrogen-bond donors (Lipinski definition) is 3. The van der Waals surface area contributed by atoms with Crippen LogP contribution in [0.1, 0.15) is 70.3 Å². The van der Waals surface area contributed by atoms with E-state index in [4.69, 9.17) is 25.4 Å². The lowest BCUT2D eigenvalue weighted by molar-refractivity contribution is -0.167. The molecule has 38 heavy (non-hydrogen) atoms. The summed E-state index contributed by atoms with van der Waals surface area (Å²) >= 11 is 0. The molecule has 0 radical (unpaired) electrons. The number of ether oxygens (including phenoxy) is 3. The normalized spacial score (nSPS) is 15.4. The lowest BCUT2D eigenvalue weighted by Crippen LogP contribution is -2.50. The van der Waals surface area contributed by atoms with Gasteiger partial charge in [-0.25, -0.2) is 4.79 Å². The van der Waals surface area contributed by atoms with Crippen molar-refractivity contribution in [1.82, 2.24) is 10.2 Å². The van der Waals surface area contributed by atoms with E-state index in [9.17, 15) is 19.2 Å². The standard InChI is InChI=1S/C27H40N4O7/c1-26(2,3)37-21(32)16-36-19-11-13-31(14-12-19)24(34)20(25(35)38-27(4,5)6)15-30-23(33)18-9-7-17(8-10-18)22(28)29/h7-10,19-20H,11-16H2,1-6H3,(H3,28,29)(H,30,33). The summed E-state index contributed by atoms with van der Waals surface area (Å²) in [6.07, 6.45) is 0.763. The smallest absolute Gasteiger partial charge is 0.332 e. The van der Waals surface area contributed by atoms with E-state index < -0.39 is 40.9 Å². The van der Waals surface area contributed by atoms with Gasteiger partial charge in [-0.05, 0) is 66.5 Å². The lowest BCUT2D eigenvalue weighted by Gasteiger charge is -2.34. The molecule has 0 bridgehead atoms. The number of benzene rings is 1. The molecule has 11 nitrogen and oxygen atoms in total. The molecule has 1 heterocycles. The molecule has 1 aliphatic heterocycles. The highest BCUT2D eigenvalue weighted by Gasteiger charge is 2.36. The number of nitrogens with one attached hydrogen (secondary N) is 2. The van der Waals surface area contributed by atoms with Gasteiger partial charge >= 0.3 is 11.9 Å². The molecular weight excluding hydrogens is 492 g/mol. The molecule has 2 amide bonds. The Morgan fingerprint density at radius 2 is 1.50 bits per heavy atom. The summed E-state index contributed by atoms with van der Waals surface area (Å²) in [5.41, 5.74) is 4.81. The Bertz CT molecular complexity index is 1020. The number of esters is 2. The van der Waals surface area contributed by atoms with Crippen LogP contribution in [-0.4, -0.2) is 78.0 Å². The topological polar surface area (TPSA) is 161 Å². The van der Waals surface area contributed by atoms with Crippen molar-refractivity contribution in [3.05, 3.63) is 35.4 Å². The second-order valence-electron chi connectivity index (χ2n) is 11.2. The first-order valence-corrected chi connectivity index (χ1v) is 12.6. The zero-order valence-corrected chi connectivity index (χ0v) is 23.1. The molecule has 11 heteroatoms. The number of amidine groups is 1. The number of rotatable bonds is 9. The van der Waals surface area contributed by atoms with Crippen LogP contribution in [0.25, 0.3) is 0 Å². The molecule has 1 fully saturated rings. The molecule has 0 aromatic heterocycles. The second-order valence-corrected chi connectivity index (χ2v) is 11.2. The summed E-state index contributed by atoms with van der Waals surface area (Å²) in [4.78, 5) is 52.4. The van der Waals surface area contributed by atoms with Crippen molar-refractivity contribution in [2.24, 2.45) is 11.7 Å². The highest BCUT2D eigenvalue weighted by atomic mass is 16.6. The van der Waals surface area contributed by atoms with Gasteiger partial charge in [-0.3, -0.25) is 19.8 Å². The van der Waals surface area contributed by atoms with Crippen LogP contribution in [0.15, 0.2) is 24.3 Å². The van der Waals surface area contributed by atoms with Crippen LogP contribution in [0, 0.1) is 11.3 Å². The number of carbonyl (C=O) groups excluding carboxylic acids is 4. The first-order valence-electron chi connectivity index (χ1n) is 12.6. The lowest BCUT2D eigenvalue weighted by atomic mass is 10.0. The summed E-state index contributed by atoms with van der Waals surface area (Å²) in [5.74, 6) is -3.45. The molecule has 1 aliphatic rings. The van der Waals surface area contributed by atoms with Crippen LogP contribution in [0.5, 0.6) is 0 Å². The second kappa shape index (κ2) is 12.9. The molecule has 0 spiro atoms. The third kappa shape index (κ3) is 10.1. The molecule has 0 saturated carbocycles. The van der Waals surface area contributed by atoms with Crippen LogP contribution in [0.2, 0.25) is 0 Å². The minimum atomic E-state index is -1.23. The van der Waals surface area contributed by atoms with Gasteiger partial charge in [-0.2, -0.15) is 0 Å². The average Bonchev–Trinajstić information content (AvgIpc) is 2.80. The molecule has 1 atom stereocenters. The predicted molar refractivity (Wildman–Crippen MR) is 141 cm³/mol. The molecule has 4 N–H and O–H groups in total. The van der Waals surface area contributed by atoms with Crippen molar-refractivity contribution in [3.8, 4) is 0 Å². The van der Waals surface area contributed by atoms with E-state index in [1.165, 1.54) is 12.1 Å². The van der Waals surface area contributed by atoms with Crippen molar-refractivity contribution in [2.75, 3.05) is 26.2 Å². The van der Waals surface area contributed by atoms with Gasteiger partial charge in [0.25, 0.3) is 5.91 Å². The van der Waals surface area contributed by atoms with Crippen molar-refractivity contribution in [3.63, 3.8) is 0 Å². The van der Waals surface area contributed by atoms with Gasteiger partial charge in [-0.1, -0.05) is 12.1 Å². The summed E-state index contributed by atoms with van der Waals surface area (Å²) in [5, 5.41) is 10.1. The number of piperidine rings is 1. The maximum Gasteiger partial charge on any atom is 0.332 e. The summed E-state index contributed by atoms with van der Waals surface area (Å²) < 4.78 is 16.4. The van der Waals surface area contributed by atoms with E-state index in [0.717, 1.165) is 0 Å². The molecule has 1 aromatic rings. The SMILES string of the molecule is CC(C)(C)OC(=O)COC1CCN(C(=O)C(CNC(=O)c2ccc(C(=N)N)cc2)C(=O)OC(C)(C)C)CC1. The van der Waals surface area contributed by atoms with Gasteiger partial charge in [0.15, 0.2) is 5.92 Å². The average molecular weight is 533 g/mol. The maximum atomic E-state index is 13.3. The van der Waals surface area contributed by atoms with E-state index in [1.54, 1.807) is 58.6 Å². The fourth-order valence-corrected chi connectivity index (χ4v) is 3.76. The monoisotopic (exact) mass is 532 g/mol. The maximum absolute atomic E-state index is 13.3. The van der Waals surface area contributed by atoms with Crippen LogP contribution in [-0.2, 0) is 28.6 Å². The van der Waals surface area contributed by atoms with E-state index in [2.05, 4.69) is 5.32 Å². The van der Waals surface area contributed by atoms with Gasteiger partial charge in [0.1, 0.15) is 23.6 Å². The molecule has 1 aromatic carbocycles. The number of hydrogen-bond acceptors (Lipinski definition) is 8. The van der Waals surface area contributed by atoms with E-state index in [1.807, 2.05) is 0 Å². The molecule has 2 rings (SSSR count). The Morgan fingerprint density at radius 3 is 2.00 bits per heavy atom. The number of carbonyl (C=O) groups is 4. The quantitative estimate of drug-likeness (QED) is 0.188. The molecule has 210 valence electrons. The van der Waals surface area contributed by atoms with Crippen molar-refractivity contribution < 1.29 is 33.4 Å². The Balaban J connectivity index is 1.99. The van der Waals surface area contributed by atoms with Crippen LogP contribution in [0.3, 0.4) is 0 Å². The van der Waals surface area contributed by atoms with Crippen LogP contribution in [0.4, 0.5) is 0 Å². The van der Waals surface area contributed by atoms with Crippen molar-refractivity contribution >= 4 is 29.6 Å². The minimum Gasteiger partial charge on any atom is -0.459 e. The number of nitrogens with zero attached hydrogens (tertiary/aromatic N) is 1. The first-order chi connectivity index (χ1) is 17.6. The van der Waals surface area contributed by atoms with Gasteiger partial charge in [0.2, 0.25) is 5.91 Å². The zero-order valence-electron chi connectivity index (χ0n) is 23.1. The van der Waals surface area contributed by atoms with Crippen LogP contribution >= 0.6 is 0 Å². The fraction of sp³-hybridized carbons (Fsp3) is 0.593. The number of likely N-dealkylation sites (tertiary alicyclic amines) is 1. The van der Waals surface area contributed by atoms with E-state index >= 15 is 0 Å². The van der Waals surface area contributed by atoms with Gasteiger partial charge < -0.3 is 30.2 Å². The third-order valence-electron chi connectivity index (χ3n) is 5.52. The fourth-order valence-electron chi connectivity index (χ4n) is 3.76. The molecule has 1 unspecified atom stereocenters. The summed E-state index contributed by atoms with van der Waals surface area (Å²) in [6.45, 7) is 10.7. The molecule has 0 aliphatic carbocycles. The Morgan fingerprint density at radius 1 is 0.974 bits per heavy atom. The van der Waals surface area contributed by atoms with Crippen molar-refractivity contribution in [1.29, 1.82) is 5.41 Å². The summed E-state index contributed by atoms with van der Waals surface area (Å²) in [7, 11) is 0. The largest absolute Gasteiger partial charge is 0.459 e. The van der Waals surface area contributed by atoms with E-state index in [0.29, 0.717) is 37.1 Å². The molecule has 1 saturated heterocycles. The Hall–Kier alpha value is -3.47. The summed E-state index contributed by atoms with van der Waals surface area (Å²) in [6, 6.07) is 6.11. The Labute approximate surface area is 223 Å². The number of amides is 2. The first kappa shape index (κ1) is 30.8. The number of nitrogens with two attached hydrogens (primary N) is 1. The molecular formula is C27H40N4O7. The third-order valence-corrected chi connectivity index (χ3v) is 5.52. The highest BCUT2D eigenvalue weighted by Crippen LogP contribution is 2.19. The zero-order chi connectivity index (χ0) is 28.7.